The van der Waals surface area contributed by atoms with Gasteiger partial charge in [-0.05, 0) is 48.9 Å². The zero-order valence-electron chi connectivity index (χ0n) is 17.0. The van der Waals surface area contributed by atoms with Crippen LogP contribution in [0.25, 0.3) is 0 Å². The Morgan fingerprint density at radius 3 is 2.14 bits per heavy atom. The minimum atomic E-state index is -0.726. The maximum atomic E-state index is 12.1. The second kappa shape index (κ2) is 10.8. The summed E-state index contributed by atoms with van der Waals surface area (Å²) in [5, 5.41) is 5.18. The molecular weight excluding hydrogens is 376 g/mol. The van der Waals surface area contributed by atoms with Gasteiger partial charge in [-0.2, -0.15) is 0 Å². The quantitative estimate of drug-likeness (QED) is 0.493. The highest BCUT2D eigenvalue weighted by Gasteiger charge is 2.18. The molecule has 0 bridgehead atoms. The Bertz CT molecular complexity index is 822. The number of methoxy groups -OCH3 is 3. The van der Waals surface area contributed by atoms with Crippen LogP contribution in [0.3, 0.4) is 0 Å². The van der Waals surface area contributed by atoms with Crippen molar-refractivity contribution in [1.29, 1.82) is 0 Å². The summed E-state index contributed by atoms with van der Waals surface area (Å²) in [6.45, 7) is 2.21. The summed E-state index contributed by atoms with van der Waals surface area (Å²) in [6, 6.07) is 12.0. The van der Waals surface area contributed by atoms with Crippen LogP contribution in [0, 0.1) is 0 Å². The number of carbonyl (C=O) groups excluding carboxylic acids is 2. The first-order chi connectivity index (χ1) is 14.0. The molecule has 0 heterocycles. The highest BCUT2D eigenvalue weighted by molar-refractivity contribution is 6.35. The minimum Gasteiger partial charge on any atom is -0.497 e. The van der Waals surface area contributed by atoms with Gasteiger partial charge in [-0.15, -0.1) is 0 Å². The van der Waals surface area contributed by atoms with Crippen molar-refractivity contribution in [2.45, 2.75) is 13.0 Å². The lowest BCUT2D eigenvalue weighted by atomic mass is 10.1. The molecule has 0 aliphatic carbocycles. The number of rotatable bonds is 9. The average molecular weight is 402 g/mol. The summed E-state index contributed by atoms with van der Waals surface area (Å²) >= 11 is 0. The molecule has 0 saturated heterocycles. The zero-order chi connectivity index (χ0) is 21.2. The first-order valence-corrected chi connectivity index (χ1v) is 9.06. The van der Waals surface area contributed by atoms with E-state index in [1.165, 1.54) is 7.11 Å². The van der Waals surface area contributed by atoms with Gasteiger partial charge in [0.1, 0.15) is 18.1 Å². The molecule has 2 amide bonds. The van der Waals surface area contributed by atoms with Crippen LogP contribution < -0.4 is 29.6 Å². The Morgan fingerprint density at radius 2 is 1.52 bits per heavy atom. The second-order valence-electron chi connectivity index (χ2n) is 6.09. The van der Waals surface area contributed by atoms with Crippen LogP contribution >= 0.6 is 0 Å². The van der Waals surface area contributed by atoms with Gasteiger partial charge in [0.15, 0.2) is 11.5 Å². The van der Waals surface area contributed by atoms with Crippen LogP contribution in [0.1, 0.15) is 18.5 Å². The number of amides is 2. The molecule has 2 aromatic carbocycles. The van der Waals surface area contributed by atoms with E-state index >= 15 is 0 Å². The third-order valence-corrected chi connectivity index (χ3v) is 4.18. The van der Waals surface area contributed by atoms with Crippen LogP contribution in [-0.4, -0.2) is 46.3 Å². The van der Waals surface area contributed by atoms with Crippen LogP contribution in [-0.2, 0) is 9.59 Å². The van der Waals surface area contributed by atoms with Gasteiger partial charge in [0, 0.05) is 0 Å². The topological polar surface area (TPSA) is 95.1 Å². The number of nitrogens with one attached hydrogen (secondary N) is 2. The molecule has 0 fully saturated rings. The van der Waals surface area contributed by atoms with Gasteiger partial charge in [-0.3, -0.25) is 9.59 Å². The largest absolute Gasteiger partial charge is 0.497 e. The van der Waals surface area contributed by atoms with Crippen molar-refractivity contribution in [3.63, 3.8) is 0 Å². The number of ether oxygens (including phenoxy) is 4. The standard InChI is InChI=1S/C21H26N2O6/c1-14(15-5-10-18(27-3)19(13-15)28-4)23-21(25)20(24)22-11-12-29-17-8-6-16(26-2)7-9-17/h5-10,13-14H,11-12H2,1-4H3,(H,22,24)(H,23,25). The molecule has 8 nitrogen and oxygen atoms in total. The lowest BCUT2D eigenvalue weighted by Crippen LogP contribution is -2.42. The lowest BCUT2D eigenvalue weighted by molar-refractivity contribution is -0.139. The summed E-state index contributed by atoms with van der Waals surface area (Å²) in [5.74, 6) is 1.06. The van der Waals surface area contributed by atoms with E-state index in [4.69, 9.17) is 18.9 Å². The fourth-order valence-corrected chi connectivity index (χ4v) is 2.55. The Morgan fingerprint density at radius 1 is 0.862 bits per heavy atom. The van der Waals surface area contributed by atoms with Gasteiger partial charge in [0.25, 0.3) is 0 Å². The molecule has 2 rings (SSSR count). The summed E-state index contributed by atoms with van der Waals surface area (Å²) in [7, 11) is 4.67. The maximum absolute atomic E-state index is 12.1. The molecule has 0 aliphatic heterocycles. The van der Waals surface area contributed by atoms with Crippen molar-refractivity contribution < 1.29 is 28.5 Å². The molecule has 29 heavy (non-hydrogen) atoms. The van der Waals surface area contributed by atoms with Crippen LogP contribution in [0.4, 0.5) is 0 Å². The highest BCUT2D eigenvalue weighted by atomic mass is 16.5. The van der Waals surface area contributed by atoms with Crippen molar-refractivity contribution in [3.8, 4) is 23.0 Å². The Hall–Kier alpha value is -3.42. The van der Waals surface area contributed by atoms with Gasteiger partial charge in [0.2, 0.25) is 0 Å². The Kier molecular flexibility index (Phi) is 8.14. The third-order valence-electron chi connectivity index (χ3n) is 4.18. The minimum absolute atomic E-state index is 0.197. The van der Waals surface area contributed by atoms with E-state index < -0.39 is 11.8 Å². The summed E-state index contributed by atoms with van der Waals surface area (Å²) < 4.78 is 21.0. The van der Waals surface area contributed by atoms with E-state index in [-0.39, 0.29) is 19.2 Å². The first kappa shape index (κ1) is 21.9. The van der Waals surface area contributed by atoms with E-state index in [1.54, 1.807) is 63.6 Å². The molecule has 0 aliphatic rings. The fourth-order valence-electron chi connectivity index (χ4n) is 2.55. The highest BCUT2D eigenvalue weighted by Crippen LogP contribution is 2.29. The third kappa shape index (κ3) is 6.31. The van der Waals surface area contributed by atoms with Gasteiger partial charge >= 0.3 is 11.8 Å². The van der Waals surface area contributed by atoms with Crippen LogP contribution in [0.2, 0.25) is 0 Å². The molecule has 156 valence electrons. The first-order valence-electron chi connectivity index (χ1n) is 9.06. The van der Waals surface area contributed by atoms with E-state index in [1.807, 2.05) is 0 Å². The molecule has 0 aromatic heterocycles. The van der Waals surface area contributed by atoms with E-state index in [0.29, 0.717) is 17.2 Å². The lowest BCUT2D eigenvalue weighted by Gasteiger charge is -2.16. The Labute approximate surface area is 170 Å². The van der Waals surface area contributed by atoms with Gasteiger partial charge in [0.05, 0.1) is 33.9 Å². The smallest absolute Gasteiger partial charge is 0.309 e. The molecule has 8 heteroatoms. The van der Waals surface area contributed by atoms with Gasteiger partial charge in [-0.25, -0.2) is 0 Å². The molecule has 0 radical (unpaired) electrons. The van der Waals surface area contributed by atoms with Crippen molar-refractivity contribution in [2.24, 2.45) is 0 Å². The molecular formula is C21H26N2O6. The number of hydrogen-bond acceptors (Lipinski definition) is 6. The summed E-state index contributed by atoms with van der Waals surface area (Å²) in [6.07, 6.45) is 0. The predicted octanol–water partition coefficient (Wildman–Crippen LogP) is 2.08. The average Bonchev–Trinajstić information content (AvgIpc) is 2.76. The van der Waals surface area contributed by atoms with E-state index in [0.717, 1.165) is 11.3 Å². The fraction of sp³-hybridized carbons (Fsp3) is 0.333. The van der Waals surface area contributed by atoms with E-state index in [2.05, 4.69) is 10.6 Å². The van der Waals surface area contributed by atoms with Crippen molar-refractivity contribution in [1.82, 2.24) is 10.6 Å². The maximum Gasteiger partial charge on any atom is 0.309 e. The second-order valence-corrected chi connectivity index (χ2v) is 6.09. The molecule has 0 saturated carbocycles. The van der Waals surface area contributed by atoms with E-state index in [9.17, 15) is 9.59 Å². The van der Waals surface area contributed by atoms with Crippen molar-refractivity contribution in [2.75, 3.05) is 34.5 Å². The van der Waals surface area contributed by atoms with Gasteiger partial charge < -0.3 is 29.6 Å². The number of hydrogen-bond donors (Lipinski definition) is 2. The molecule has 1 atom stereocenters. The monoisotopic (exact) mass is 402 g/mol. The summed E-state index contributed by atoms with van der Waals surface area (Å²) in [4.78, 5) is 24.1. The van der Waals surface area contributed by atoms with Gasteiger partial charge in [-0.1, -0.05) is 6.07 Å². The summed E-state index contributed by atoms with van der Waals surface area (Å²) in [5.41, 5.74) is 0.784. The molecule has 0 spiro atoms. The van der Waals surface area contributed by atoms with Crippen molar-refractivity contribution in [3.05, 3.63) is 48.0 Å². The zero-order valence-corrected chi connectivity index (χ0v) is 17.0. The molecule has 1 unspecified atom stereocenters. The van der Waals surface area contributed by atoms with Crippen molar-refractivity contribution >= 4 is 11.8 Å². The van der Waals surface area contributed by atoms with Crippen LogP contribution in [0.5, 0.6) is 23.0 Å². The SMILES string of the molecule is COc1ccc(OCCNC(=O)C(=O)NC(C)c2ccc(OC)c(OC)c2)cc1. The predicted molar refractivity (Wildman–Crippen MR) is 108 cm³/mol. The Balaban J connectivity index is 1.78. The number of carbonyl (C=O) groups is 2. The van der Waals surface area contributed by atoms with Crippen LogP contribution in [0.15, 0.2) is 42.5 Å². The molecule has 2 N–H and O–H groups in total. The number of benzene rings is 2. The normalized spacial score (nSPS) is 11.2. The molecule has 2 aromatic rings.